The van der Waals surface area contributed by atoms with Crippen molar-refractivity contribution in [2.75, 3.05) is 19.7 Å². The van der Waals surface area contributed by atoms with Crippen LogP contribution in [-0.4, -0.2) is 47.7 Å². The first-order valence-corrected chi connectivity index (χ1v) is 7.21. The first-order valence-electron chi connectivity index (χ1n) is 7.21. The third kappa shape index (κ3) is 4.67. The first-order chi connectivity index (χ1) is 9.25. The number of rotatable bonds is 4. The van der Waals surface area contributed by atoms with E-state index in [9.17, 15) is 9.59 Å². The maximum Gasteiger partial charge on any atom is 0.314 e. The third-order valence-electron chi connectivity index (χ3n) is 3.88. The smallest absolute Gasteiger partial charge is 0.314 e. The number of hydrogen-bond acceptors (Lipinski definition) is 3. The molecule has 116 valence electrons. The number of likely N-dealkylation sites (tertiary alicyclic amines) is 1. The van der Waals surface area contributed by atoms with Crippen LogP contribution >= 0.6 is 0 Å². The molecule has 6 heteroatoms. The standard InChI is InChI=1S/C14H27N3O3/c1-14(2,3)11(6-8-18)16-12(19)10-5-4-7-17(9-10)13(15)20/h10-11,18H,4-9H2,1-3H3,(H2,15,20)(H,16,19). The minimum absolute atomic E-state index is 0.0420. The highest BCUT2D eigenvalue weighted by molar-refractivity contribution is 5.80. The largest absolute Gasteiger partial charge is 0.396 e. The van der Waals surface area contributed by atoms with Crippen LogP contribution in [0.5, 0.6) is 0 Å². The Balaban J connectivity index is 2.62. The summed E-state index contributed by atoms with van der Waals surface area (Å²) in [5.41, 5.74) is 5.16. The van der Waals surface area contributed by atoms with Crippen LogP contribution in [0.1, 0.15) is 40.0 Å². The van der Waals surface area contributed by atoms with E-state index in [2.05, 4.69) is 5.32 Å². The van der Waals surface area contributed by atoms with Crippen LogP contribution in [0.3, 0.4) is 0 Å². The Hall–Kier alpha value is -1.30. The highest BCUT2D eigenvalue weighted by atomic mass is 16.3. The molecule has 1 aliphatic heterocycles. The fraction of sp³-hybridized carbons (Fsp3) is 0.857. The van der Waals surface area contributed by atoms with E-state index in [1.165, 1.54) is 4.90 Å². The van der Waals surface area contributed by atoms with Crippen LogP contribution < -0.4 is 11.1 Å². The van der Waals surface area contributed by atoms with Crippen molar-refractivity contribution in [3.05, 3.63) is 0 Å². The maximum atomic E-state index is 12.3. The zero-order chi connectivity index (χ0) is 15.3. The van der Waals surface area contributed by atoms with Crippen LogP contribution in [0, 0.1) is 11.3 Å². The van der Waals surface area contributed by atoms with Crippen molar-refractivity contribution in [1.82, 2.24) is 10.2 Å². The highest BCUT2D eigenvalue weighted by Crippen LogP contribution is 2.23. The summed E-state index contributed by atoms with van der Waals surface area (Å²) in [6.45, 7) is 7.15. The molecule has 1 aliphatic rings. The molecule has 0 aromatic heterocycles. The van der Waals surface area contributed by atoms with Crippen LogP contribution in [0.4, 0.5) is 4.79 Å². The monoisotopic (exact) mass is 285 g/mol. The van der Waals surface area contributed by atoms with Crippen molar-refractivity contribution in [3.63, 3.8) is 0 Å². The number of aliphatic hydroxyl groups excluding tert-OH is 1. The Morgan fingerprint density at radius 2 is 2.10 bits per heavy atom. The fourth-order valence-electron chi connectivity index (χ4n) is 2.53. The van der Waals surface area contributed by atoms with Gasteiger partial charge in [-0.15, -0.1) is 0 Å². The lowest BCUT2D eigenvalue weighted by Crippen LogP contribution is -2.51. The van der Waals surface area contributed by atoms with Gasteiger partial charge in [-0.3, -0.25) is 4.79 Å². The van der Waals surface area contributed by atoms with E-state index in [0.717, 1.165) is 12.8 Å². The van der Waals surface area contributed by atoms with Crippen molar-refractivity contribution in [2.24, 2.45) is 17.1 Å². The molecule has 3 amide bonds. The molecule has 0 radical (unpaired) electrons. The second-order valence-corrected chi connectivity index (χ2v) is 6.56. The predicted octanol–water partition coefficient (Wildman–Crippen LogP) is 0.690. The minimum atomic E-state index is -0.467. The summed E-state index contributed by atoms with van der Waals surface area (Å²) >= 11 is 0. The van der Waals surface area contributed by atoms with Crippen molar-refractivity contribution in [3.8, 4) is 0 Å². The molecule has 0 aliphatic carbocycles. The molecule has 1 heterocycles. The van der Waals surface area contributed by atoms with Crippen LogP contribution in [0.15, 0.2) is 0 Å². The van der Waals surface area contributed by atoms with Gasteiger partial charge in [0.1, 0.15) is 0 Å². The number of aliphatic hydroxyl groups is 1. The first kappa shape index (κ1) is 16.8. The summed E-state index contributed by atoms with van der Waals surface area (Å²) < 4.78 is 0. The number of nitrogens with two attached hydrogens (primary N) is 1. The van der Waals surface area contributed by atoms with Crippen molar-refractivity contribution in [2.45, 2.75) is 46.1 Å². The minimum Gasteiger partial charge on any atom is -0.396 e. The Bertz CT molecular complexity index is 352. The Morgan fingerprint density at radius 3 is 2.60 bits per heavy atom. The molecule has 2 unspecified atom stereocenters. The van der Waals surface area contributed by atoms with Gasteiger partial charge in [-0.1, -0.05) is 20.8 Å². The van der Waals surface area contributed by atoms with Gasteiger partial charge in [0.2, 0.25) is 5.91 Å². The summed E-state index contributed by atoms with van der Waals surface area (Å²) in [4.78, 5) is 25.0. The van der Waals surface area contributed by atoms with Crippen LogP contribution in [-0.2, 0) is 4.79 Å². The lowest BCUT2D eigenvalue weighted by atomic mass is 9.84. The summed E-state index contributed by atoms with van der Waals surface area (Å²) in [5.74, 6) is -0.260. The fourth-order valence-corrected chi connectivity index (χ4v) is 2.53. The number of primary amides is 1. The van der Waals surface area contributed by atoms with E-state index < -0.39 is 6.03 Å². The molecule has 0 saturated carbocycles. The maximum absolute atomic E-state index is 12.3. The van der Waals surface area contributed by atoms with Gasteiger partial charge < -0.3 is 21.1 Å². The van der Waals surface area contributed by atoms with Gasteiger partial charge in [-0.05, 0) is 24.7 Å². The van der Waals surface area contributed by atoms with Crippen LogP contribution in [0.25, 0.3) is 0 Å². The van der Waals surface area contributed by atoms with E-state index in [1.807, 2.05) is 20.8 Å². The van der Waals surface area contributed by atoms with Gasteiger partial charge in [-0.2, -0.15) is 0 Å². The quantitative estimate of drug-likeness (QED) is 0.709. The molecule has 1 saturated heterocycles. The molecule has 0 bridgehead atoms. The summed E-state index contributed by atoms with van der Waals surface area (Å²) in [6.07, 6.45) is 2.09. The number of carbonyl (C=O) groups is 2. The average Bonchev–Trinajstić information content (AvgIpc) is 2.37. The second-order valence-electron chi connectivity index (χ2n) is 6.56. The molecular weight excluding hydrogens is 258 g/mol. The molecule has 1 fully saturated rings. The van der Waals surface area contributed by atoms with E-state index in [-0.39, 0.29) is 29.9 Å². The number of amides is 3. The molecular formula is C14H27N3O3. The lowest BCUT2D eigenvalue weighted by Gasteiger charge is -2.35. The molecule has 4 N–H and O–H groups in total. The average molecular weight is 285 g/mol. The molecule has 20 heavy (non-hydrogen) atoms. The molecule has 0 aromatic rings. The van der Waals surface area contributed by atoms with Gasteiger partial charge >= 0.3 is 6.03 Å². The zero-order valence-electron chi connectivity index (χ0n) is 12.7. The van der Waals surface area contributed by atoms with Crippen LogP contribution in [0.2, 0.25) is 0 Å². The Labute approximate surface area is 120 Å². The second kappa shape index (κ2) is 6.92. The number of hydrogen-bond donors (Lipinski definition) is 3. The molecule has 0 spiro atoms. The van der Waals surface area contributed by atoms with Crippen molar-refractivity contribution in [1.29, 1.82) is 0 Å². The topological polar surface area (TPSA) is 95.7 Å². The molecule has 0 aromatic carbocycles. The predicted molar refractivity (Wildman–Crippen MR) is 77.0 cm³/mol. The normalized spacial score (nSPS) is 21.4. The number of piperidine rings is 1. The van der Waals surface area contributed by atoms with E-state index >= 15 is 0 Å². The van der Waals surface area contributed by atoms with Gasteiger partial charge in [0, 0.05) is 25.7 Å². The number of nitrogens with zero attached hydrogens (tertiary/aromatic N) is 1. The summed E-state index contributed by atoms with van der Waals surface area (Å²) in [6, 6.07) is -0.547. The Kier molecular flexibility index (Phi) is 5.80. The number of nitrogens with one attached hydrogen (secondary N) is 1. The number of carbonyl (C=O) groups excluding carboxylic acids is 2. The van der Waals surface area contributed by atoms with Gasteiger partial charge in [0.25, 0.3) is 0 Å². The summed E-state index contributed by atoms with van der Waals surface area (Å²) in [7, 11) is 0. The molecule has 6 nitrogen and oxygen atoms in total. The third-order valence-corrected chi connectivity index (χ3v) is 3.88. The van der Waals surface area contributed by atoms with Gasteiger partial charge in [0.15, 0.2) is 0 Å². The Morgan fingerprint density at radius 1 is 1.45 bits per heavy atom. The van der Waals surface area contributed by atoms with Crippen molar-refractivity contribution < 1.29 is 14.7 Å². The van der Waals surface area contributed by atoms with Gasteiger partial charge in [-0.25, -0.2) is 4.79 Å². The van der Waals surface area contributed by atoms with E-state index in [0.29, 0.717) is 19.5 Å². The number of urea groups is 1. The van der Waals surface area contributed by atoms with Gasteiger partial charge in [0.05, 0.1) is 5.92 Å². The highest BCUT2D eigenvalue weighted by Gasteiger charge is 2.31. The SMILES string of the molecule is CC(C)(C)C(CCO)NC(=O)C1CCCN(C(N)=O)C1. The molecule has 2 atom stereocenters. The van der Waals surface area contributed by atoms with Crippen molar-refractivity contribution >= 4 is 11.9 Å². The zero-order valence-corrected chi connectivity index (χ0v) is 12.7. The lowest BCUT2D eigenvalue weighted by molar-refractivity contribution is -0.127. The van der Waals surface area contributed by atoms with E-state index in [1.54, 1.807) is 0 Å². The molecule has 1 rings (SSSR count). The van der Waals surface area contributed by atoms with E-state index in [4.69, 9.17) is 10.8 Å². The summed E-state index contributed by atoms with van der Waals surface area (Å²) in [5, 5.41) is 12.1.